The van der Waals surface area contributed by atoms with E-state index in [0.29, 0.717) is 44.6 Å². The third kappa shape index (κ3) is 5.65. The zero-order valence-electron chi connectivity index (χ0n) is 19.9. The quantitative estimate of drug-likeness (QED) is 0.476. The zero-order chi connectivity index (χ0) is 24.1. The maximum Gasteiger partial charge on any atom is 0.237 e. The Morgan fingerprint density at radius 1 is 1.15 bits per heavy atom. The monoisotopic (exact) mass is 464 g/mol. The molecule has 2 heterocycles. The van der Waals surface area contributed by atoms with Crippen LogP contribution in [0, 0.1) is 18.7 Å². The van der Waals surface area contributed by atoms with Gasteiger partial charge in [0.1, 0.15) is 5.82 Å². The Morgan fingerprint density at radius 3 is 2.68 bits per heavy atom. The van der Waals surface area contributed by atoms with Gasteiger partial charge in [-0.25, -0.2) is 4.39 Å². The minimum atomic E-state index is -0.256. The highest BCUT2D eigenvalue weighted by Crippen LogP contribution is 2.20. The fourth-order valence-electron chi connectivity index (χ4n) is 4.60. The molecular weight excluding hydrogens is 431 g/mol. The summed E-state index contributed by atoms with van der Waals surface area (Å²) < 4.78 is 13.7. The van der Waals surface area contributed by atoms with Gasteiger partial charge in [0.2, 0.25) is 11.8 Å². The van der Waals surface area contributed by atoms with Gasteiger partial charge in [-0.2, -0.15) is 0 Å². The fourth-order valence-corrected chi connectivity index (χ4v) is 4.60. The molecule has 0 saturated carbocycles. The van der Waals surface area contributed by atoms with Crippen LogP contribution in [0.2, 0.25) is 0 Å². The summed E-state index contributed by atoms with van der Waals surface area (Å²) in [5.41, 5.74) is 3.66. The molecule has 1 atom stereocenters. The first kappa shape index (κ1) is 24.0. The van der Waals surface area contributed by atoms with Gasteiger partial charge < -0.3 is 15.6 Å². The van der Waals surface area contributed by atoms with Crippen LogP contribution in [0.15, 0.2) is 48.7 Å². The summed E-state index contributed by atoms with van der Waals surface area (Å²) in [6, 6.07) is 13.0. The van der Waals surface area contributed by atoms with Crippen LogP contribution in [0.1, 0.15) is 36.5 Å². The molecule has 4 rings (SSSR count). The van der Waals surface area contributed by atoms with Crippen LogP contribution >= 0.6 is 0 Å². The first-order chi connectivity index (χ1) is 16.4. The predicted octanol–water partition coefficient (Wildman–Crippen LogP) is 3.69. The van der Waals surface area contributed by atoms with Crippen molar-refractivity contribution in [3.63, 3.8) is 0 Å². The van der Waals surface area contributed by atoms with Crippen LogP contribution in [0.4, 0.5) is 4.39 Å². The average Bonchev–Trinajstić information content (AvgIpc) is 3.27. The largest absolute Gasteiger partial charge is 0.361 e. The summed E-state index contributed by atoms with van der Waals surface area (Å²) in [4.78, 5) is 30.7. The molecule has 34 heavy (non-hydrogen) atoms. The number of H-pyrrole nitrogens is 1. The van der Waals surface area contributed by atoms with Crippen molar-refractivity contribution in [2.75, 3.05) is 19.6 Å². The third-order valence-electron chi connectivity index (χ3n) is 6.90. The van der Waals surface area contributed by atoms with Crippen molar-refractivity contribution in [2.45, 2.75) is 45.7 Å². The number of hydrogen-bond acceptors (Lipinski definition) is 3. The van der Waals surface area contributed by atoms with E-state index in [-0.39, 0.29) is 29.6 Å². The lowest BCUT2D eigenvalue weighted by atomic mass is 9.94. The van der Waals surface area contributed by atoms with E-state index in [9.17, 15) is 14.0 Å². The van der Waals surface area contributed by atoms with Gasteiger partial charge in [-0.1, -0.05) is 30.3 Å². The highest BCUT2D eigenvalue weighted by molar-refractivity contribution is 5.84. The van der Waals surface area contributed by atoms with Crippen LogP contribution < -0.4 is 10.6 Å². The van der Waals surface area contributed by atoms with Gasteiger partial charge in [0, 0.05) is 36.1 Å². The summed E-state index contributed by atoms with van der Waals surface area (Å²) in [6.45, 7) is 5.96. The molecule has 1 unspecified atom stereocenters. The van der Waals surface area contributed by atoms with E-state index in [0.717, 1.165) is 17.5 Å². The molecule has 1 fully saturated rings. The van der Waals surface area contributed by atoms with Crippen molar-refractivity contribution >= 4 is 22.7 Å². The number of aromatic nitrogens is 1. The van der Waals surface area contributed by atoms with Gasteiger partial charge in [-0.3, -0.25) is 14.5 Å². The molecule has 0 spiro atoms. The fraction of sp³-hybridized carbons (Fsp3) is 0.407. The van der Waals surface area contributed by atoms with Crippen molar-refractivity contribution in [1.82, 2.24) is 20.5 Å². The second-order valence-electron chi connectivity index (χ2n) is 9.19. The second-order valence-corrected chi connectivity index (χ2v) is 9.19. The number of aryl methyl sites for hydroxylation is 1. The van der Waals surface area contributed by atoms with E-state index in [1.165, 1.54) is 17.0 Å². The second kappa shape index (κ2) is 10.8. The Kier molecular flexibility index (Phi) is 7.63. The Bertz CT molecular complexity index is 1150. The van der Waals surface area contributed by atoms with Gasteiger partial charge in [0.15, 0.2) is 0 Å². The number of para-hydroxylation sites is 1. The molecule has 2 aromatic carbocycles. The first-order valence-electron chi connectivity index (χ1n) is 12.0. The number of aromatic amines is 1. The van der Waals surface area contributed by atoms with Gasteiger partial charge in [-0.15, -0.1) is 0 Å². The standard InChI is InChI=1S/C27H33FN4O2/c1-18-7-8-20(15-24(18)28)16-31-27(34)21-10-13-32(14-11-21)19(2)26(33)29-12-9-22-17-30-25-6-4-3-5-23(22)25/h3-8,15,17,19,21,30H,9-14,16H2,1-2H3,(H,29,33)(H,31,34). The average molecular weight is 465 g/mol. The van der Waals surface area contributed by atoms with Crippen molar-refractivity contribution < 1.29 is 14.0 Å². The topological polar surface area (TPSA) is 77.2 Å². The summed E-state index contributed by atoms with van der Waals surface area (Å²) in [5.74, 6) is -0.321. The molecule has 6 nitrogen and oxygen atoms in total. The number of benzene rings is 2. The molecule has 0 aliphatic carbocycles. The van der Waals surface area contributed by atoms with E-state index in [4.69, 9.17) is 0 Å². The molecule has 2 amide bonds. The number of carbonyl (C=O) groups excluding carboxylic acids is 2. The first-order valence-corrected chi connectivity index (χ1v) is 12.0. The highest BCUT2D eigenvalue weighted by atomic mass is 19.1. The SMILES string of the molecule is Cc1ccc(CNC(=O)C2CCN(C(C)C(=O)NCCc3c[nH]c4ccccc34)CC2)cc1F. The van der Waals surface area contributed by atoms with Crippen molar-refractivity contribution in [3.05, 3.63) is 71.2 Å². The Morgan fingerprint density at radius 2 is 1.91 bits per heavy atom. The zero-order valence-corrected chi connectivity index (χ0v) is 19.9. The normalized spacial score (nSPS) is 15.9. The number of amides is 2. The van der Waals surface area contributed by atoms with Gasteiger partial charge in [0.25, 0.3) is 0 Å². The minimum absolute atomic E-state index is 0.00327. The van der Waals surface area contributed by atoms with Crippen LogP contribution in [0.3, 0.4) is 0 Å². The molecule has 3 aromatic rings. The number of hydrogen-bond donors (Lipinski definition) is 3. The van der Waals surface area contributed by atoms with Gasteiger partial charge >= 0.3 is 0 Å². The molecule has 1 aliphatic heterocycles. The van der Waals surface area contributed by atoms with E-state index in [2.05, 4.69) is 26.6 Å². The summed E-state index contributed by atoms with van der Waals surface area (Å²) in [5, 5.41) is 7.18. The maximum absolute atomic E-state index is 13.7. The van der Waals surface area contributed by atoms with Gasteiger partial charge in [-0.05, 0) is 75.0 Å². The lowest BCUT2D eigenvalue weighted by molar-refractivity contribution is -0.128. The maximum atomic E-state index is 13.7. The summed E-state index contributed by atoms with van der Waals surface area (Å²) in [6.07, 6.45) is 4.20. The number of carbonyl (C=O) groups is 2. The summed E-state index contributed by atoms with van der Waals surface area (Å²) >= 11 is 0. The van der Waals surface area contributed by atoms with E-state index >= 15 is 0 Å². The molecular formula is C27H33FN4O2. The Hall–Kier alpha value is -3.19. The number of likely N-dealkylation sites (tertiary alicyclic amines) is 1. The van der Waals surface area contributed by atoms with Crippen LogP contribution in [-0.4, -0.2) is 47.4 Å². The lowest BCUT2D eigenvalue weighted by Crippen LogP contribution is -2.50. The van der Waals surface area contributed by atoms with E-state index in [1.54, 1.807) is 13.0 Å². The molecule has 180 valence electrons. The molecule has 3 N–H and O–H groups in total. The predicted molar refractivity (Wildman–Crippen MR) is 132 cm³/mol. The number of nitrogens with zero attached hydrogens (tertiary/aromatic N) is 1. The van der Waals surface area contributed by atoms with Crippen molar-refractivity contribution in [3.8, 4) is 0 Å². The molecule has 7 heteroatoms. The number of halogens is 1. The smallest absolute Gasteiger partial charge is 0.237 e. The Labute approximate surface area is 199 Å². The Balaban J connectivity index is 1.18. The number of piperidine rings is 1. The summed E-state index contributed by atoms with van der Waals surface area (Å²) in [7, 11) is 0. The van der Waals surface area contributed by atoms with E-state index < -0.39 is 0 Å². The lowest BCUT2D eigenvalue weighted by Gasteiger charge is -2.34. The van der Waals surface area contributed by atoms with Crippen LogP contribution in [-0.2, 0) is 22.6 Å². The van der Waals surface area contributed by atoms with Crippen LogP contribution in [0.25, 0.3) is 10.9 Å². The van der Waals surface area contributed by atoms with Crippen molar-refractivity contribution in [2.24, 2.45) is 5.92 Å². The molecule has 1 aliphatic rings. The molecule has 0 radical (unpaired) electrons. The number of nitrogens with one attached hydrogen (secondary N) is 3. The minimum Gasteiger partial charge on any atom is -0.361 e. The number of rotatable bonds is 8. The van der Waals surface area contributed by atoms with E-state index in [1.807, 2.05) is 37.4 Å². The molecule has 1 aromatic heterocycles. The highest BCUT2D eigenvalue weighted by Gasteiger charge is 2.29. The van der Waals surface area contributed by atoms with Crippen molar-refractivity contribution in [1.29, 1.82) is 0 Å². The molecule has 0 bridgehead atoms. The molecule has 1 saturated heterocycles. The third-order valence-corrected chi connectivity index (χ3v) is 6.90. The van der Waals surface area contributed by atoms with Gasteiger partial charge in [0.05, 0.1) is 6.04 Å². The van der Waals surface area contributed by atoms with Crippen LogP contribution in [0.5, 0.6) is 0 Å². The number of fused-ring (bicyclic) bond motifs is 1.